The first kappa shape index (κ1) is 19.9. The van der Waals surface area contributed by atoms with Crippen molar-refractivity contribution >= 4 is 11.9 Å². The van der Waals surface area contributed by atoms with Crippen LogP contribution in [-0.4, -0.2) is 51.1 Å². The standard InChI is InChI=1S/C16H32N2O3/c1-5-14(11-13-18(2)3)16(20)17-12-9-7-6-8-10-15(19)21-4/h14H,5-13H2,1-4H3,(H,17,20). The van der Waals surface area contributed by atoms with Crippen LogP contribution in [0.25, 0.3) is 0 Å². The van der Waals surface area contributed by atoms with E-state index in [1.807, 2.05) is 14.1 Å². The van der Waals surface area contributed by atoms with Gasteiger partial charge in [0.1, 0.15) is 0 Å². The zero-order valence-corrected chi connectivity index (χ0v) is 14.1. The van der Waals surface area contributed by atoms with Gasteiger partial charge in [-0.3, -0.25) is 9.59 Å². The van der Waals surface area contributed by atoms with Gasteiger partial charge in [0.2, 0.25) is 5.91 Å². The summed E-state index contributed by atoms with van der Waals surface area (Å²) in [7, 11) is 5.47. The monoisotopic (exact) mass is 300 g/mol. The van der Waals surface area contributed by atoms with Crippen LogP contribution in [-0.2, 0) is 14.3 Å². The molecular formula is C16H32N2O3. The molecule has 0 aliphatic rings. The molecule has 0 aliphatic heterocycles. The zero-order chi connectivity index (χ0) is 16.1. The van der Waals surface area contributed by atoms with Gasteiger partial charge in [-0.25, -0.2) is 0 Å². The predicted molar refractivity (Wildman–Crippen MR) is 85.1 cm³/mol. The molecule has 1 amide bonds. The first-order valence-corrected chi connectivity index (χ1v) is 8.00. The maximum absolute atomic E-state index is 12.0. The van der Waals surface area contributed by atoms with E-state index in [4.69, 9.17) is 0 Å². The van der Waals surface area contributed by atoms with E-state index in [-0.39, 0.29) is 17.8 Å². The molecular weight excluding hydrogens is 268 g/mol. The summed E-state index contributed by atoms with van der Waals surface area (Å²) in [5, 5.41) is 3.02. The summed E-state index contributed by atoms with van der Waals surface area (Å²) in [4.78, 5) is 25.0. The van der Waals surface area contributed by atoms with Crippen molar-refractivity contribution in [3.8, 4) is 0 Å². The summed E-state index contributed by atoms with van der Waals surface area (Å²) in [6.45, 7) is 3.74. The molecule has 1 N–H and O–H groups in total. The summed E-state index contributed by atoms with van der Waals surface area (Å²) in [6, 6.07) is 0. The normalized spacial score (nSPS) is 12.2. The van der Waals surface area contributed by atoms with Crippen molar-refractivity contribution in [2.45, 2.75) is 51.9 Å². The highest BCUT2D eigenvalue weighted by Gasteiger charge is 2.15. The Morgan fingerprint density at radius 2 is 1.81 bits per heavy atom. The topological polar surface area (TPSA) is 58.6 Å². The second kappa shape index (κ2) is 12.6. The van der Waals surface area contributed by atoms with E-state index in [1.54, 1.807) is 0 Å². The Morgan fingerprint density at radius 3 is 2.38 bits per heavy atom. The first-order chi connectivity index (χ1) is 10.0. The van der Waals surface area contributed by atoms with Crippen molar-refractivity contribution in [3.63, 3.8) is 0 Å². The number of unbranched alkanes of at least 4 members (excludes halogenated alkanes) is 3. The molecule has 0 saturated carbocycles. The average molecular weight is 300 g/mol. The van der Waals surface area contributed by atoms with Crippen LogP contribution in [0, 0.1) is 5.92 Å². The fourth-order valence-electron chi connectivity index (χ4n) is 2.14. The van der Waals surface area contributed by atoms with Gasteiger partial charge in [-0.1, -0.05) is 19.8 Å². The zero-order valence-electron chi connectivity index (χ0n) is 14.1. The summed E-state index contributed by atoms with van der Waals surface area (Å²) >= 11 is 0. The highest BCUT2D eigenvalue weighted by molar-refractivity contribution is 5.78. The number of carbonyl (C=O) groups is 2. The first-order valence-electron chi connectivity index (χ1n) is 8.00. The van der Waals surface area contributed by atoms with Crippen LogP contribution in [0.1, 0.15) is 51.9 Å². The number of hydrogen-bond donors (Lipinski definition) is 1. The van der Waals surface area contributed by atoms with E-state index in [2.05, 4.69) is 21.9 Å². The van der Waals surface area contributed by atoms with Crippen LogP contribution in [0.15, 0.2) is 0 Å². The Labute approximate surface area is 129 Å². The molecule has 0 rings (SSSR count). The van der Waals surface area contributed by atoms with E-state index in [0.717, 1.165) is 51.6 Å². The van der Waals surface area contributed by atoms with Gasteiger partial charge in [-0.15, -0.1) is 0 Å². The molecule has 0 aromatic carbocycles. The van der Waals surface area contributed by atoms with Crippen LogP contribution in [0.3, 0.4) is 0 Å². The third kappa shape index (κ3) is 11.3. The SMILES string of the molecule is CCC(CCN(C)C)C(=O)NCCCCCCC(=O)OC. The lowest BCUT2D eigenvalue weighted by atomic mass is 10.0. The number of hydrogen-bond acceptors (Lipinski definition) is 4. The van der Waals surface area contributed by atoms with E-state index >= 15 is 0 Å². The largest absolute Gasteiger partial charge is 0.469 e. The van der Waals surface area contributed by atoms with Gasteiger partial charge in [-0.2, -0.15) is 0 Å². The van der Waals surface area contributed by atoms with Crippen molar-refractivity contribution in [1.29, 1.82) is 0 Å². The molecule has 0 heterocycles. The van der Waals surface area contributed by atoms with Crippen molar-refractivity contribution in [1.82, 2.24) is 10.2 Å². The summed E-state index contributed by atoms with van der Waals surface area (Å²) in [6.07, 6.45) is 6.16. The maximum atomic E-state index is 12.0. The second-order valence-corrected chi connectivity index (χ2v) is 5.73. The molecule has 0 aromatic rings. The Hall–Kier alpha value is -1.10. The molecule has 5 heteroatoms. The van der Waals surface area contributed by atoms with Crippen molar-refractivity contribution in [2.24, 2.45) is 5.92 Å². The van der Waals surface area contributed by atoms with E-state index < -0.39 is 0 Å². The van der Waals surface area contributed by atoms with E-state index in [9.17, 15) is 9.59 Å². The average Bonchev–Trinajstić information content (AvgIpc) is 2.46. The Balaban J connectivity index is 3.61. The smallest absolute Gasteiger partial charge is 0.305 e. The molecule has 1 unspecified atom stereocenters. The lowest BCUT2D eigenvalue weighted by Crippen LogP contribution is -2.33. The summed E-state index contributed by atoms with van der Waals surface area (Å²) in [5.74, 6) is 0.149. The molecule has 0 fully saturated rings. The lowest BCUT2D eigenvalue weighted by molar-refractivity contribution is -0.140. The molecule has 0 bridgehead atoms. The Kier molecular flexibility index (Phi) is 12.0. The van der Waals surface area contributed by atoms with Gasteiger partial charge in [0.15, 0.2) is 0 Å². The van der Waals surface area contributed by atoms with Gasteiger partial charge < -0.3 is 15.0 Å². The highest BCUT2D eigenvalue weighted by atomic mass is 16.5. The minimum atomic E-state index is -0.144. The molecule has 5 nitrogen and oxygen atoms in total. The number of esters is 1. The number of carbonyl (C=O) groups excluding carboxylic acids is 2. The van der Waals surface area contributed by atoms with Crippen molar-refractivity contribution < 1.29 is 14.3 Å². The third-order valence-corrected chi connectivity index (χ3v) is 3.62. The molecule has 1 atom stereocenters. The minimum Gasteiger partial charge on any atom is -0.469 e. The third-order valence-electron chi connectivity index (χ3n) is 3.62. The highest BCUT2D eigenvalue weighted by Crippen LogP contribution is 2.09. The van der Waals surface area contributed by atoms with Crippen LogP contribution >= 0.6 is 0 Å². The van der Waals surface area contributed by atoms with Gasteiger partial charge in [-0.05, 0) is 46.3 Å². The van der Waals surface area contributed by atoms with Gasteiger partial charge in [0, 0.05) is 18.9 Å². The number of ether oxygens (including phenoxy) is 1. The Bertz CT molecular complexity index is 293. The molecule has 0 aliphatic carbocycles. The molecule has 0 aromatic heterocycles. The van der Waals surface area contributed by atoms with Crippen LogP contribution in [0.2, 0.25) is 0 Å². The van der Waals surface area contributed by atoms with E-state index in [0.29, 0.717) is 6.42 Å². The van der Waals surface area contributed by atoms with Gasteiger partial charge >= 0.3 is 5.97 Å². The number of nitrogens with zero attached hydrogens (tertiary/aromatic N) is 1. The summed E-state index contributed by atoms with van der Waals surface area (Å²) in [5.41, 5.74) is 0. The number of amides is 1. The molecule has 124 valence electrons. The lowest BCUT2D eigenvalue weighted by Gasteiger charge is -2.17. The predicted octanol–water partition coefficient (Wildman–Crippen LogP) is 2.20. The fraction of sp³-hybridized carbons (Fsp3) is 0.875. The van der Waals surface area contributed by atoms with Crippen molar-refractivity contribution in [2.75, 3.05) is 34.3 Å². The minimum absolute atomic E-state index is 0.117. The molecule has 21 heavy (non-hydrogen) atoms. The van der Waals surface area contributed by atoms with Crippen LogP contribution < -0.4 is 5.32 Å². The van der Waals surface area contributed by atoms with Crippen molar-refractivity contribution in [3.05, 3.63) is 0 Å². The number of rotatable bonds is 12. The van der Waals surface area contributed by atoms with Gasteiger partial charge in [0.25, 0.3) is 0 Å². The van der Waals surface area contributed by atoms with Crippen LogP contribution in [0.4, 0.5) is 0 Å². The molecule has 0 radical (unpaired) electrons. The summed E-state index contributed by atoms with van der Waals surface area (Å²) < 4.78 is 4.59. The van der Waals surface area contributed by atoms with Crippen LogP contribution in [0.5, 0.6) is 0 Å². The molecule has 0 spiro atoms. The second-order valence-electron chi connectivity index (χ2n) is 5.73. The van der Waals surface area contributed by atoms with Gasteiger partial charge in [0.05, 0.1) is 7.11 Å². The number of methoxy groups -OCH3 is 1. The Morgan fingerprint density at radius 1 is 1.14 bits per heavy atom. The van der Waals surface area contributed by atoms with E-state index in [1.165, 1.54) is 7.11 Å². The quantitative estimate of drug-likeness (QED) is 0.443. The fourth-order valence-corrected chi connectivity index (χ4v) is 2.14. The number of nitrogens with one attached hydrogen (secondary N) is 1. The maximum Gasteiger partial charge on any atom is 0.305 e. The molecule has 0 saturated heterocycles.